The monoisotopic (exact) mass is 386 g/mol. The van der Waals surface area contributed by atoms with Gasteiger partial charge in [0.2, 0.25) is 11.8 Å². The standard InChI is InChI=1S/C24H22N2O3/c1-25(19-8-4-2-5-9-19)24(28)18-16-23(27)26(17-18)20-12-14-22(15-13-20)29-21-10-6-3-7-11-21/h2-15,18H,16-17H2,1H3. The molecule has 1 atom stereocenters. The van der Waals surface area contributed by atoms with Crippen LogP contribution in [0.2, 0.25) is 0 Å². The second-order valence-corrected chi connectivity index (χ2v) is 7.05. The number of hydrogen-bond donors (Lipinski definition) is 0. The van der Waals surface area contributed by atoms with Crippen molar-refractivity contribution in [3.8, 4) is 11.5 Å². The van der Waals surface area contributed by atoms with E-state index < -0.39 is 0 Å². The number of nitrogens with zero attached hydrogens (tertiary/aromatic N) is 2. The topological polar surface area (TPSA) is 49.9 Å². The van der Waals surface area contributed by atoms with Crippen LogP contribution in [-0.4, -0.2) is 25.4 Å². The highest BCUT2D eigenvalue weighted by atomic mass is 16.5. The number of ether oxygens (including phenoxy) is 1. The van der Waals surface area contributed by atoms with Gasteiger partial charge in [0.05, 0.1) is 5.92 Å². The van der Waals surface area contributed by atoms with Gasteiger partial charge in [-0.25, -0.2) is 0 Å². The van der Waals surface area contributed by atoms with Crippen molar-refractivity contribution < 1.29 is 14.3 Å². The molecule has 0 saturated carbocycles. The van der Waals surface area contributed by atoms with Gasteiger partial charge in [-0.1, -0.05) is 36.4 Å². The van der Waals surface area contributed by atoms with Gasteiger partial charge in [-0.15, -0.1) is 0 Å². The summed E-state index contributed by atoms with van der Waals surface area (Å²) in [5, 5.41) is 0. The maximum absolute atomic E-state index is 12.9. The SMILES string of the molecule is CN(C(=O)C1CC(=O)N(c2ccc(Oc3ccccc3)cc2)C1)c1ccccc1. The Hall–Kier alpha value is -3.60. The minimum absolute atomic E-state index is 0.0402. The van der Waals surface area contributed by atoms with E-state index in [2.05, 4.69) is 0 Å². The minimum Gasteiger partial charge on any atom is -0.457 e. The zero-order chi connectivity index (χ0) is 20.2. The number of amides is 2. The molecule has 1 saturated heterocycles. The molecule has 5 heteroatoms. The maximum atomic E-state index is 12.9. The van der Waals surface area contributed by atoms with Crippen LogP contribution < -0.4 is 14.5 Å². The van der Waals surface area contributed by atoms with E-state index in [0.29, 0.717) is 12.3 Å². The summed E-state index contributed by atoms with van der Waals surface area (Å²) in [4.78, 5) is 28.7. The Labute approximate surface area is 170 Å². The van der Waals surface area contributed by atoms with Crippen molar-refractivity contribution in [1.82, 2.24) is 0 Å². The molecule has 2 amide bonds. The zero-order valence-electron chi connectivity index (χ0n) is 16.2. The van der Waals surface area contributed by atoms with Crippen molar-refractivity contribution in [3.05, 3.63) is 84.9 Å². The highest BCUT2D eigenvalue weighted by Crippen LogP contribution is 2.30. The van der Waals surface area contributed by atoms with Gasteiger partial charge in [0.1, 0.15) is 11.5 Å². The summed E-state index contributed by atoms with van der Waals surface area (Å²) >= 11 is 0. The van der Waals surface area contributed by atoms with Gasteiger partial charge < -0.3 is 14.5 Å². The van der Waals surface area contributed by atoms with E-state index in [-0.39, 0.29) is 24.2 Å². The first kappa shape index (κ1) is 18.7. The fourth-order valence-corrected chi connectivity index (χ4v) is 3.49. The Morgan fingerprint density at radius 1 is 0.897 bits per heavy atom. The van der Waals surface area contributed by atoms with Crippen LogP contribution in [0.15, 0.2) is 84.9 Å². The summed E-state index contributed by atoms with van der Waals surface area (Å²) in [6.45, 7) is 0.383. The highest BCUT2D eigenvalue weighted by Gasteiger charge is 2.36. The van der Waals surface area contributed by atoms with Gasteiger partial charge in [0, 0.05) is 31.4 Å². The van der Waals surface area contributed by atoms with Crippen LogP contribution >= 0.6 is 0 Å². The lowest BCUT2D eigenvalue weighted by Crippen LogP contribution is -2.34. The summed E-state index contributed by atoms with van der Waals surface area (Å²) < 4.78 is 5.80. The summed E-state index contributed by atoms with van der Waals surface area (Å²) in [7, 11) is 1.75. The van der Waals surface area contributed by atoms with Crippen molar-refractivity contribution in [3.63, 3.8) is 0 Å². The molecule has 1 aliphatic heterocycles. The molecule has 0 N–H and O–H groups in total. The van der Waals surface area contributed by atoms with Crippen molar-refractivity contribution in [2.75, 3.05) is 23.4 Å². The summed E-state index contributed by atoms with van der Waals surface area (Å²) in [5.41, 5.74) is 1.60. The molecule has 1 unspecified atom stereocenters. The number of para-hydroxylation sites is 2. The second-order valence-electron chi connectivity index (χ2n) is 7.05. The van der Waals surface area contributed by atoms with Gasteiger partial charge in [-0.2, -0.15) is 0 Å². The summed E-state index contributed by atoms with van der Waals surface area (Å²) in [6.07, 6.45) is 0.221. The number of carbonyl (C=O) groups excluding carboxylic acids is 2. The van der Waals surface area contributed by atoms with Gasteiger partial charge in [-0.3, -0.25) is 9.59 Å². The zero-order valence-corrected chi connectivity index (χ0v) is 16.2. The molecule has 1 fully saturated rings. The maximum Gasteiger partial charge on any atom is 0.232 e. The Bertz CT molecular complexity index is 988. The molecule has 3 aromatic carbocycles. The van der Waals surface area contributed by atoms with Gasteiger partial charge in [-0.05, 0) is 48.5 Å². The fourth-order valence-electron chi connectivity index (χ4n) is 3.49. The van der Waals surface area contributed by atoms with Crippen molar-refractivity contribution in [2.45, 2.75) is 6.42 Å². The third kappa shape index (κ3) is 4.14. The second kappa shape index (κ2) is 8.19. The van der Waals surface area contributed by atoms with Gasteiger partial charge >= 0.3 is 0 Å². The van der Waals surface area contributed by atoms with Crippen molar-refractivity contribution in [1.29, 1.82) is 0 Å². The first-order chi connectivity index (χ1) is 14.1. The van der Waals surface area contributed by atoms with Gasteiger partial charge in [0.25, 0.3) is 0 Å². The molecule has 29 heavy (non-hydrogen) atoms. The largest absolute Gasteiger partial charge is 0.457 e. The predicted molar refractivity (Wildman–Crippen MR) is 113 cm³/mol. The number of hydrogen-bond acceptors (Lipinski definition) is 3. The Kier molecular flexibility index (Phi) is 5.29. The predicted octanol–water partition coefficient (Wildman–Crippen LogP) is 4.49. The lowest BCUT2D eigenvalue weighted by Gasteiger charge is -2.21. The molecular weight excluding hydrogens is 364 g/mol. The summed E-state index contributed by atoms with van der Waals surface area (Å²) in [6, 6.07) is 26.4. The number of carbonyl (C=O) groups is 2. The molecule has 1 heterocycles. The van der Waals surface area contributed by atoms with Gasteiger partial charge in [0.15, 0.2) is 0 Å². The minimum atomic E-state index is -0.354. The smallest absolute Gasteiger partial charge is 0.232 e. The molecule has 5 nitrogen and oxygen atoms in total. The molecule has 0 aromatic heterocycles. The highest BCUT2D eigenvalue weighted by molar-refractivity contribution is 6.04. The van der Waals surface area contributed by atoms with Crippen LogP contribution in [0.4, 0.5) is 11.4 Å². The van der Waals surface area contributed by atoms with E-state index in [1.54, 1.807) is 16.8 Å². The Morgan fingerprint density at radius 2 is 1.48 bits per heavy atom. The quantitative estimate of drug-likeness (QED) is 0.649. The molecule has 0 radical (unpaired) electrons. The lowest BCUT2D eigenvalue weighted by molar-refractivity contribution is -0.124. The fraction of sp³-hybridized carbons (Fsp3) is 0.167. The number of anilines is 2. The van der Waals surface area contributed by atoms with Crippen LogP contribution in [0.25, 0.3) is 0 Å². The van der Waals surface area contributed by atoms with E-state index in [1.165, 1.54) is 0 Å². The van der Waals surface area contributed by atoms with E-state index in [1.807, 2.05) is 84.9 Å². The van der Waals surface area contributed by atoms with Crippen LogP contribution in [0.5, 0.6) is 11.5 Å². The molecule has 1 aliphatic rings. The van der Waals surface area contributed by atoms with Crippen LogP contribution in [0, 0.1) is 5.92 Å². The van der Waals surface area contributed by atoms with E-state index in [4.69, 9.17) is 4.74 Å². The van der Waals surface area contributed by atoms with E-state index >= 15 is 0 Å². The first-order valence-corrected chi connectivity index (χ1v) is 9.58. The molecule has 0 spiro atoms. The number of benzene rings is 3. The Morgan fingerprint density at radius 3 is 2.14 bits per heavy atom. The normalized spacial score (nSPS) is 16.0. The molecule has 146 valence electrons. The molecule has 0 aliphatic carbocycles. The van der Waals surface area contributed by atoms with E-state index in [0.717, 1.165) is 17.1 Å². The van der Waals surface area contributed by atoms with Crippen molar-refractivity contribution in [2.24, 2.45) is 5.92 Å². The van der Waals surface area contributed by atoms with Crippen LogP contribution in [0.3, 0.4) is 0 Å². The number of rotatable bonds is 5. The average molecular weight is 386 g/mol. The van der Waals surface area contributed by atoms with E-state index in [9.17, 15) is 9.59 Å². The van der Waals surface area contributed by atoms with Crippen LogP contribution in [-0.2, 0) is 9.59 Å². The van der Waals surface area contributed by atoms with Crippen LogP contribution in [0.1, 0.15) is 6.42 Å². The average Bonchev–Trinajstić information content (AvgIpc) is 3.16. The summed E-state index contributed by atoms with van der Waals surface area (Å²) in [5.74, 6) is 1.01. The molecule has 4 rings (SSSR count). The third-order valence-electron chi connectivity index (χ3n) is 5.08. The Balaban J connectivity index is 1.43. The molecular formula is C24H22N2O3. The molecule has 3 aromatic rings. The third-order valence-corrected chi connectivity index (χ3v) is 5.08. The van der Waals surface area contributed by atoms with Crippen molar-refractivity contribution >= 4 is 23.2 Å². The first-order valence-electron chi connectivity index (χ1n) is 9.58. The molecule has 0 bridgehead atoms. The lowest BCUT2D eigenvalue weighted by atomic mass is 10.1.